The van der Waals surface area contributed by atoms with Crippen molar-refractivity contribution in [1.29, 1.82) is 0 Å². The van der Waals surface area contributed by atoms with Gasteiger partial charge in [-0.15, -0.1) is 0 Å². The van der Waals surface area contributed by atoms with E-state index in [0.29, 0.717) is 6.61 Å². The molecule has 2 aromatic rings. The van der Waals surface area contributed by atoms with Crippen molar-refractivity contribution >= 4 is 15.9 Å². The van der Waals surface area contributed by atoms with E-state index in [-0.39, 0.29) is 5.54 Å². The van der Waals surface area contributed by atoms with E-state index in [0.717, 1.165) is 33.9 Å². The molecule has 0 aliphatic rings. The largest absolute Gasteiger partial charge is 0.484 e. The van der Waals surface area contributed by atoms with E-state index in [9.17, 15) is 0 Å². The Kier molecular flexibility index (Phi) is 5.12. The van der Waals surface area contributed by atoms with Crippen molar-refractivity contribution in [1.82, 2.24) is 5.32 Å². The fraction of sp³-hybridized carbons (Fsp3) is 0.412. The van der Waals surface area contributed by atoms with E-state index < -0.39 is 0 Å². The van der Waals surface area contributed by atoms with E-state index in [1.54, 1.807) is 0 Å². The Hall–Kier alpha value is -1.26. The van der Waals surface area contributed by atoms with Gasteiger partial charge in [-0.3, -0.25) is 0 Å². The van der Waals surface area contributed by atoms with Crippen LogP contribution in [0.25, 0.3) is 0 Å². The van der Waals surface area contributed by atoms with Gasteiger partial charge in [-0.05, 0) is 67.4 Å². The molecule has 0 radical (unpaired) electrons. The summed E-state index contributed by atoms with van der Waals surface area (Å²) in [6, 6.07) is 9.84. The standard InChI is InChI=1S/C17H22BrNO2/c1-12-9-13(21-16(12)10-19-17(2,3)4)11-20-15-8-6-5-7-14(15)18/h5-9,19H,10-11H2,1-4H3. The molecule has 0 unspecified atom stereocenters. The Morgan fingerprint density at radius 2 is 1.95 bits per heavy atom. The molecule has 0 atom stereocenters. The minimum atomic E-state index is 0.0742. The van der Waals surface area contributed by atoms with E-state index in [1.807, 2.05) is 30.3 Å². The quantitative estimate of drug-likeness (QED) is 0.838. The van der Waals surface area contributed by atoms with Crippen LogP contribution in [0.3, 0.4) is 0 Å². The smallest absolute Gasteiger partial charge is 0.146 e. The molecule has 0 spiro atoms. The Morgan fingerprint density at radius 3 is 2.62 bits per heavy atom. The number of furan rings is 1. The lowest BCUT2D eigenvalue weighted by molar-refractivity contribution is 0.261. The Bertz CT molecular complexity index is 599. The molecule has 0 aliphatic heterocycles. The van der Waals surface area contributed by atoms with Crippen LogP contribution in [0.15, 0.2) is 39.2 Å². The molecular formula is C17H22BrNO2. The summed E-state index contributed by atoms with van der Waals surface area (Å²) in [6.45, 7) is 9.64. The molecule has 0 fully saturated rings. The summed E-state index contributed by atoms with van der Waals surface area (Å²) in [6.07, 6.45) is 0. The van der Waals surface area contributed by atoms with Crippen molar-refractivity contribution in [2.45, 2.75) is 46.4 Å². The lowest BCUT2D eigenvalue weighted by Gasteiger charge is -2.19. The first-order valence-electron chi connectivity index (χ1n) is 7.06. The second-order valence-corrected chi connectivity index (χ2v) is 7.00. The maximum Gasteiger partial charge on any atom is 0.146 e. The van der Waals surface area contributed by atoms with Gasteiger partial charge in [0, 0.05) is 5.54 Å². The molecule has 0 saturated heterocycles. The molecule has 2 rings (SSSR count). The van der Waals surface area contributed by atoms with Crippen LogP contribution in [-0.2, 0) is 13.2 Å². The fourth-order valence-electron chi connectivity index (χ4n) is 1.89. The Morgan fingerprint density at radius 1 is 1.24 bits per heavy atom. The summed E-state index contributed by atoms with van der Waals surface area (Å²) < 4.78 is 12.6. The molecule has 4 heteroatoms. The Balaban J connectivity index is 1.97. The number of benzene rings is 1. The fourth-order valence-corrected chi connectivity index (χ4v) is 2.29. The minimum Gasteiger partial charge on any atom is -0.484 e. The van der Waals surface area contributed by atoms with E-state index >= 15 is 0 Å². The van der Waals surface area contributed by atoms with Gasteiger partial charge in [0.15, 0.2) is 0 Å². The average Bonchev–Trinajstić information content (AvgIpc) is 2.75. The van der Waals surface area contributed by atoms with E-state index in [1.165, 1.54) is 0 Å². The highest BCUT2D eigenvalue weighted by Gasteiger charge is 2.13. The maximum atomic E-state index is 5.87. The normalized spacial score (nSPS) is 11.7. The number of hydrogen-bond acceptors (Lipinski definition) is 3. The number of halogens is 1. The van der Waals surface area contributed by atoms with E-state index in [4.69, 9.17) is 9.15 Å². The number of aryl methyl sites for hydroxylation is 1. The molecule has 21 heavy (non-hydrogen) atoms. The summed E-state index contributed by atoms with van der Waals surface area (Å²) in [7, 11) is 0. The van der Waals surface area contributed by atoms with Gasteiger partial charge in [-0.25, -0.2) is 0 Å². The van der Waals surface area contributed by atoms with Gasteiger partial charge < -0.3 is 14.5 Å². The molecule has 0 amide bonds. The summed E-state index contributed by atoms with van der Waals surface area (Å²) in [5.41, 5.74) is 1.22. The highest BCUT2D eigenvalue weighted by Crippen LogP contribution is 2.25. The summed E-state index contributed by atoms with van der Waals surface area (Å²) in [4.78, 5) is 0. The van der Waals surface area contributed by atoms with Crippen molar-refractivity contribution in [3.8, 4) is 5.75 Å². The molecule has 0 aliphatic carbocycles. The first-order valence-corrected chi connectivity index (χ1v) is 7.85. The number of hydrogen-bond donors (Lipinski definition) is 1. The predicted molar refractivity (Wildman–Crippen MR) is 88.5 cm³/mol. The van der Waals surface area contributed by atoms with Gasteiger partial charge in [-0.2, -0.15) is 0 Å². The molecular weight excluding hydrogens is 330 g/mol. The van der Waals surface area contributed by atoms with Crippen molar-refractivity contribution in [3.05, 3.63) is 51.9 Å². The third-order valence-electron chi connectivity index (χ3n) is 3.06. The molecule has 0 bridgehead atoms. The first-order chi connectivity index (χ1) is 9.85. The van der Waals surface area contributed by atoms with Crippen LogP contribution < -0.4 is 10.1 Å². The number of rotatable bonds is 5. The van der Waals surface area contributed by atoms with Crippen LogP contribution in [0.1, 0.15) is 37.9 Å². The minimum absolute atomic E-state index is 0.0742. The molecule has 3 nitrogen and oxygen atoms in total. The van der Waals surface area contributed by atoms with Gasteiger partial charge >= 0.3 is 0 Å². The van der Waals surface area contributed by atoms with Gasteiger partial charge in [0.25, 0.3) is 0 Å². The molecule has 0 saturated carbocycles. The predicted octanol–water partition coefficient (Wildman–Crippen LogP) is 4.82. The maximum absolute atomic E-state index is 5.87. The molecule has 1 aromatic carbocycles. The van der Waals surface area contributed by atoms with Crippen molar-refractivity contribution in [2.24, 2.45) is 0 Å². The third-order valence-corrected chi connectivity index (χ3v) is 3.71. The van der Waals surface area contributed by atoms with Crippen LogP contribution in [0, 0.1) is 6.92 Å². The summed E-state index contributed by atoms with van der Waals surface area (Å²) in [5, 5.41) is 3.43. The second kappa shape index (κ2) is 6.67. The van der Waals surface area contributed by atoms with Gasteiger partial charge in [0.05, 0.1) is 11.0 Å². The first kappa shape index (κ1) is 16.1. The Labute approximate surface area is 134 Å². The van der Waals surface area contributed by atoms with Crippen LogP contribution in [0.4, 0.5) is 0 Å². The zero-order valence-corrected chi connectivity index (χ0v) is 14.6. The van der Waals surface area contributed by atoms with E-state index in [2.05, 4.69) is 48.9 Å². The number of ether oxygens (including phenoxy) is 1. The second-order valence-electron chi connectivity index (χ2n) is 6.14. The SMILES string of the molecule is Cc1cc(COc2ccccc2Br)oc1CNC(C)(C)C. The van der Waals surface area contributed by atoms with Crippen LogP contribution in [-0.4, -0.2) is 5.54 Å². The molecule has 1 heterocycles. The topological polar surface area (TPSA) is 34.4 Å². The van der Waals surface area contributed by atoms with Crippen LogP contribution in [0.5, 0.6) is 5.75 Å². The van der Waals surface area contributed by atoms with Gasteiger partial charge in [0.1, 0.15) is 23.9 Å². The summed E-state index contributed by atoms with van der Waals surface area (Å²) >= 11 is 3.47. The molecule has 114 valence electrons. The molecule has 1 aromatic heterocycles. The monoisotopic (exact) mass is 351 g/mol. The lowest BCUT2D eigenvalue weighted by atomic mass is 10.1. The van der Waals surface area contributed by atoms with Crippen molar-refractivity contribution < 1.29 is 9.15 Å². The van der Waals surface area contributed by atoms with Crippen LogP contribution >= 0.6 is 15.9 Å². The van der Waals surface area contributed by atoms with Crippen molar-refractivity contribution in [3.63, 3.8) is 0 Å². The summed E-state index contributed by atoms with van der Waals surface area (Å²) in [5.74, 6) is 2.63. The van der Waals surface area contributed by atoms with Gasteiger partial charge in [0.2, 0.25) is 0 Å². The zero-order chi connectivity index (χ0) is 15.5. The molecule has 1 N–H and O–H groups in total. The number of nitrogens with one attached hydrogen (secondary N) is 1. The third kappa shape index (κ3) is 4.90. The van der Waals surface area contributed by atoms with Crippen LogP contribution in [0.2, 0.25) is 0 Å². The highest BCUT2D eigenvalue weighted by molar-refractivity contribution is 9.10. The zero-order valence-electron chi connectivity index (χ0n) is 13.0. The number of para-hydroxylation sites is 1. The lowest BCUT2D eigenvalue weighted by Crippen LogP contribution is -2.35. The van der Waals surface area contributed by atoms with Crippen molar-refractivity contribution in [2.75, 3.05) is 0 Å². The highest BCUT2D eigenvalue weighted by atomic mass is 79.9. The van der Waals surface area contributed by atoms with Gasteiger partial charge in [-0.1, -0.05) is 12.1 Å². The average molecular weight is 352 g/mol.